The average Bonchev–Trinajstić information content (AvgIpc) is 3.11. The van der Waals surface area contributed by atoms with Gasteiger partial charge in [0.05, 0.1) is 6.10 Å². The van der Waals surface area contributed by atoms with Crippen molar-refractivity contribution in [2.75, 3.05) is 13.1 Å². The minimum atomic E-state index is -1.80. The quantitative estimate of drug-likeness (QED) is 0.0413. The number of aliphatic hydroxyl groups is 1. The van der Waals surface area contributed by atoms with Crippen LogP contribution < -0.4 is 54.8 Å². The van der Waals surface area contributed by atoms with Gasteiger partial charge in [-0.1, -0.05) is 35.9 Å². The van der Waals surface area contributed by atoms with Gasteiger partial charge in [0.1, 0.15) is 24.3 Å². The molecule has 0 saturated carbocycles. The molecule has 0 saturated heterocycles. The molecule has 296 valence electrons. The third kappa shape index (κ3) is 14.4. The molecule has 15 N–H and O–H groups in total. The number of unbranched alkanes of at least 4 members (excludes halogenated alkanes) is 1. The van der Waals surface area contributed by atoms with E-state index in [0.29, 0.717) is 17.9 Å². The van der Waals surface area contributed by atoms with E-state index in [1.807, 2.05) is 12.1 Å². The van der Waals surface area contributed by atoms with Crippen molar-refractivity contribution in [1.82, 2.24) is 31.9 Å². The minimum absolute atomic E-state index is 0.0234. The summed E-state index contributed by atoms with van der Waals surface area (Å²) >= 11 is 5.95. The summed E-state index contributed by atoms with van der Waals surface area (Å²) in [6, 6.07) is 9.33. The highest BCUT2D eigenvalue weighted by atomic mass is 35.5. The zero-order chi connectivity index (χ0) is 40.7. The SMILES string of the molecule is CC(O)C(NC(=O)C(CN)NC(=O)c1ccc(-c2ccc(Cl)cc2)cc1)C(=O)NC(N)C(=O)NC(CCCCN)C(=O)NC(N)C(=O)C(=O)NC(C)(C)C. The number of hydrogen-bond acceptors (Lipinski definition) is 12. The van der Waals surface area contributed by atoms with Crippen LogP contribution in [0, 0.1) is 0 Å². The lowest BCUT2D eigenvalue weighted by molar-refractivity contribution is -0.141. The Hall–Kier alpha value is -4.98. The molecule has 0 aromatic heterocycles. The Balaban J connectivity index is 2.05. The summed E-state index contributed by atoms with van der Waals surface area (Å²) in [4.78, 5) is 89.9. The van der Waals surface area contributed by atoms with Crippen molar-refractivity contribution in [1.29, 1.82) is 0 Å². The molecule has 0 aliphatic carbocycles. The Bertz CT molecular complexity index is 1630. The van der Waals surface area contributed by atoms with Crippen molar-refractivity contribution in [2.45, 2.75) is 89.1 Å². The highest BCUT2D eigenvalue weighted by molar-refractivity contribution is 6.38. The molecule has 2 aromatic carbocycles. The summed E-state index contributed by atoms with van der Waals surface area (Å²) in [5.74, 6) is -6.74. The fraction of sp³-hybridized carbons (Fsp3) is 0.457. The lowest BCUT2D eigenvalue weighted by Crippen LogP contribution is -2.63. The summed E-state index contributed by atoms with van der Waals surface area (Å²) in [6.07, 6.45) is -4.20. The maximum absolute atomic E-state index is 13.1. The number of nitrogens with two attached hydrogens (primary N) is 4. The molecule has 0 bridgehead atoms. The fourth-order valence-electron chi connectivity index (χ4n) is 4.78. The van der Waals surface area contributed by atoms with Crippen LogP contribution in [0.4, 0.5) is 0 Å². The predicted octanol–water partition coefficient (Wildman–Crippen LogP) is -2.17. The molecule has 0 aliphatic heterocycles. The van der Waals surface area contributed by atoms with Crippen molar-refractivity contribution in [3.05, 3.63) is 59.1 Å². The number of ketones is 1. The maximum atomic E-state index is 13.1. The summed E-state index contributed by atoms with van der Waals surface area (Å²) < 4.78 is 0. The van der Waals surface area contributed by atoms with E-state index in [4.69, 9.17) is 34.5 Å². The van der Waals surface area contributed by atoms with Crippen LogP contribution in [-0.2, 0) is 28.8 Å². The van der Waals surface area contributed by atoms with Crippen LogP contribution in [0.15, 0.2) is 48.5 Å². The van der Waals surface area contributed by atoms with Crippen LogP contribution in [0.2, 0.25) is 5.02 Å². The van der Waals surface area contributed by atoms with E-state index in [-0.39, 0.29) is 25.1 Å². The van der Waals surface area contributed by atoms with Gasteiger partial charge in [0.25, 0.3) is 23.5 Å². The monoisotopic (exact) mass is 774 g/mol. The second kappa shape index (κ2) is 21.0. The van der Waals surface area contributed by atoms with Crippen molar-refractivity contribution in [2.24, 2.45) is 22.9 Å². The van der Waals surface area contributed by atoms with Gasteiger partial charge in [-0.2, -0.15) is 0 Å². The first-order valence-corrected chi connectivity index (χ1v) is 17.5. The Labute approximate surface area is 318 Å². The van der Waals surface area contributed by atoms with E-state index in [1.54, 1.807) is 57.2 Å². The molecule has 19 heteroatoms. The van der Waals surface area contributed by atoms with E-state index in [2.05, 4.69) is 31.9 Å². The lowest BCUT2D eigenvalue weighted by Gasteiger charge is -2.26. The first-order valence-electron chi connectivity index (χ1n) is 17.1. The first kappa shape index (κ1) is 45.2. The Morgan fingerprint density at radius 3 is 1.76 bits per heavy atom. The number of carbonyl (C=O) groups is 7. The summed E-state index contributed by atoms with van der Waals surface area (Å²) in [5, 5.41) is 24.9. The van der Waals surface area contributed by atoms with Gasteiger partial charge < -0.3 is 59.9 Å². The molecule has 0 fully saturated rings. The number of halogens is 1. The molecule has 0 aliphatic rings. The summed E-state index contributed by atoms with van der Waals surface area (Å²) in [6.45, 7) is 6.04. The molecule has 0 radical (unpaired) electrons. The normalized spacial score (nSPS) is 14.6. The average molecular weight is 775 g/mol. The molecular weight excluding hydrogens is 724 g/mol. The smallest absolute Gasteiger partial charge is 0.291 e. The first-order chi connectivity index (χ1) is 25.3. The van der Waals surface area contributed by atoms with Crippen LogP contribution in [0.3, 0.4) is 0 Å². The minimum Gasteiger partial charge on any atom is -0.391 e. The van der Waals surface area contributed by atoms with Crippen LogP contribution in [0.1, 0.15) is 57.3 Å². The van der Waals surface area contributed by atoms with Gasteiger partial charge in [-0.3, -0.25) is 33.6 Å². The number of nitrogens with one attached hydrogen (secondary N) is 6. The molecule has 54 heavy (non-hydrogen) atoms. The molecule has 0 heterocycles. The summed E-state index contributed by atoms with van der Waals surface area (Å²) in [7, 11) is 0. The van der Waals surface area contributed by atoms with Crippen LogP contribution in [0.25, 0.3) is 11.1 Å². The molecule has 6 unspecified atom stereocenters. The third-order valence-corrected chi connectivity index (χ3v) is 7.95. The van der Waals surface area contributed by atoms with Gasteiger partial charge in [0.2, 0.25) is 17.7 Å². The lowest BCUT2D eigenvalue weighted by atomic mass is 10.0. The van der Waals surface area contributed by atoms with Gasteiger partial charge in [0.15, 0.2) is 6.17 Å². The standard InChI is InChI=1S/C35H51ClN10O8/c1-18(47)25(43-31(51)24(17-38)42-29(49)21-10-8-19(9-11-21)20-12-14-22(36)15-13-20)32(52)45-28(40)34(54)41-23(7-5-6-16-37)30(50)44-27(39)26(48)33(53)46-35(2,3)4/h8-15,18,23-25,27-28,47H,5-7,16-17,37-40H2,1-4H3,(H,41,54)(H,42,49)(H,43,51)(H,44,50)(H,45,52)(H,46,53). The number of Topliss-reactive ketones (excluding diaryl/α,β-unsaturated/α-hetero) is 1. The molecular formula is C35H51ClN10O8. The highest BCUT2D eigenvalue weighted by Gasteiger charge is 2.33. The van der Waals surface area contributed by atoms with Gasteiger partial charge >= 0.3 is 0 Å². The van der Waals surface area contributed by atoms with E-state index in [9.17, 15) is 38.7 Å². The van der Waals surface area contributed by atoms with Crippen molar-refractivity contribution in [3.8, 4) is 11.1 Å². The van der Waals surface area contributed by atoms with E-state index >= 15 is 0 Å². The van der Waals surface area contributed by atoms with Crippen LogP contribution in [-0.4, -0.2) is 102 Å². The molecule has 6 atom stereocenters. The van der Waals surface area contributed by atoms with Crippen LogP contribution in [0.5, 0.6) is 0 Å². The van der Waals surface area contributed by atoms with Gasteiger partial charge in [0, 0.05) is 22.7 Å². The molecule has 6 amide bonds. The van der Waals surface area contributed by atoms with Gasteiger partial charge in [-0.05, 0) is 88.9 Å². The largest absolute Gasteiger partial charge is 0.391 e. The van der Waals surface area contributed by atoms with Crippen molar-refractivity contribution in [3.63, 3.8) is 0 Å². The molecule has 0 spiro atoms. The predicted molar refractivity (Wildman–Crippen MR) is 201 cm³/mol. The fourth-order valence-corrected chi connectivity index (χ4v) is 4.91. The van der Waals surface area contributed by atoms with E-state index < -0.39 is 83.3 Å². The van der Waals surface area contributed by atoms with E-state index in [1.165, 1.54) is 6.92 Å². The third-order valence-electron chi connectivity index (χ3n) is 7.70. The number of benzene rings is 2. The van der Waals surface area contributed by atoms with E-state index in [0.717, 1.165) is 11.1 Å². The number of rotatable bonds is 19. The van der Waals surface area contributed by atoms with Gasteiger partial charge in [-0.15, -0.1) is 0 Å². The topological polar surface area (TPSA) is 316 Å². The zero-order valence-corrected chi connectivity index (χ0v) is 31.4. The maximum Gasteiger partial charge on any atom is 0.291 e. The molecule has 2 aromatic rings. The number of carbonyl (C=O) groups excluding carboxylic acids is 7. The van der Waals surface area contributed by atoms with Gasteiger partial charge in [-0.25, -0.2) is 0 Å². The number of amides is 6. The van der Waals surface area contributed by atoms with Crippen molar-refractivity contribution >= 4 is 52.8 Å². The van der Waals surface area contributed by atoms with Crippen LogP contribution >= 0.6 is 11.6 Å². The zero-order valence-electron chi connectivity index (χ0n) is 30.6. The van der Waals surface area contributed by atoms with Crippen molar-refractivity contribution < 1.29 is 38.7 Å². The number of hydrogen-bond donors (Lipinski definition) is 11. The Kier molecular flexibility index (Phi) is 17.6. The number of aliphatic hydroxyl groups excluding tert-OH is 1. The second-order valence-electron chi connectivity index (χ2n) is 13.5. The highest BCUT2D eigenvalue weighted by Crippen LogP contribution is 2.22. The Morgan fingerprint density at radius 2 is 1.24 bits per heavy atom. The summed E-state index contributed by atoms with van der Waals surface area (Å²) in [5.41, 5.74) is 24.1. The molecule has 2 rings (SSSR count). The second-order valence-corrected chi connectivity index (χ2v) is 13.9. The Morgan fingerprint density at radius 1 is 0.704 bits per heavy atom. The molecule has 18 nitrogen and oxygen atoms in total.